The van der Waals surface area contributed by atoms with Crippen molar-refractivity contribution in [1.82, 2.24) is 10.2 Å². The number of piperidine rings is 1. The number of nitrogens with zero attached hydrogens (tertiary/aromatic N) is 1. The van der Waals surface area contributed by atoms with E-state index in [2.05, 4.69) is 10.2 Å². The summed E-state index contributed by atoms with van der Waals surface area (Å²) in [7, 11) is 1.74. The summed E-state index contributed by atoms with van der Waals surface area (Å²) in [6.45, 7) is 4.73. The van der Waals surface area contributed by atoms with Crippen LogP contribution in [-0.4, -0.2) is 56.2 Å². The van der Waals surface area contributed by atoms with E-state index in [0.717, 1.165) is 32.4 Å². The number of carbonyl (C=O) groups excluding carboxylic acids is 1. The fourth-order valence-corrected chi connectivity index (χ4v) is 2.24. The van der Waals surface area contributed by atoms with Gasteiger partial charge in [0.25, 0.3) is 0 Å². The molecule has 108 valence electrons. The van der Waals surface area contributed by atoms with Crippen LogP contribution in [0, 0.1) is 0 Å². The first-order valence-corrected chi connectivity index (χ1v) is 6.44. The SMILES string of the molecule is CCCNC(=O)CN1CCC(OC)CC1CN.Cl. The number of nitrogens with two attached hydrogens (primary N) is 1. The molecule has 0 spiro atoms. The Bertz CT molecular complexity index is 241. The zero-order valence-electron chi connectivity index (χ0n) is 11.4. The van der Waals surface area contributed by atoms with Gasteiger partial charge in [0.1, 0.15) is 0 Å². The minimum Gasteiger partial charge on any atom is -0.381 e. The summed E-state index contributed by atoms with van der Waals surface area (Å²) < 4.78 is 5.36. The van der Waals surface area contributed by atoms with Gasteiger partial charge in [0.15, 0.2) is 0 Å². The molecule has 0 aliphatic carbocycles. The zero-order valence-corrected chi connectivity index (χ0v) is 12.2. The van der Waals surface area contributed by atoms with Gasteiger partial charge in [-0.25, -0.2) is 0 Å². The van der Waals surface area contributed by atoms with Crippen molar-refractivity contribution in [3.63, 3.8) is 0 Å². The van der Waals surface area contributed by atoms with Crippen LogP contribution in [0.15, 0.2) is 0 Å². The van der Waals surface area contributed by atoms with Crippen LogP contribution in [0.3, 0.4) is 0 Å². The van der Waals surface area contributed by atoms with Gasteiger partial charge in [-0.1, -0.05) is 6.92 Å². The van der Waals surface area contributed by atoms with Gasteiger partial charge in [0, 0.05) is 32.8 Å². The largest absolute Gasteiger partial charge is 0.381 e. The predicted molar refractivity (Wildman–Crippen MR) is 75.0 cm³/mol. The van der Waals surface area contributed by atoms with E-state index in [4.69, 9.17) is 10.5 Å². The second-order valence-electron chi connectivity index (χ2n) is 4.59. The molecule has 6 heteroatoms. The quantitative estimate of drug-likeness (QED) is 0.737. The number of halogens is 1. The standard InChI is InChI=1S/C12H25N3O2.ClH/c1-3-5-14-12(16)9-15-6-4-11(17-2)7-10(15)8-13;/h10-11H,3-9,13H2,1-2H3,(H,14,16);1H. The van der Waals surface area contributed by atoms with Crippen molar-refractivity contribution < 1.29 is 9.53 Å². The Hall–Kier alpha value is -0.360. The summed E-state index contributed by atoms with van der Waals surface area (Å²) in [5.41, 5.74) is 5.76. The molecule has 1 aliphatic rings. The normalized spacial score (nSPS) is 24.4. The highest BCUT2D eigenvalue weighted by atomic mass is 35.5. The first-order chi connectivity index (χ1) is 8.21. The topological polar surface area (TPSA) is 67.6 Å². The summed E-state index contributed by atoms with van der Waals surface area (Å²) in [5.74, 6) is 0.0983. The molecule has 1 amide bonds. The van der Waals surface area contributed by atoms with E-state index >= 15 is 0 Å². The van der Waals surface area contributed by atoms with E-state index in [1.54, 1.807) is 7.11 Å². The molecule has 18 heavy (non-hydrogen) atoms. The van der Waals surface area contributed by atoms with E-state index in [1.807, 2.05) is 6.92 Å². The molecule has 2 unspecified atom stereocenters. The highest BCUT2D eigenvalue weighted by Gasteiger charge is 2.28. The van der Waals surface area contributed by atoms with E-state index in [-0.39, 0.29) is 24.4 Å². The van der Waals surface area contributed by atoms with E-state index in [0.29, 0.717) is 19.2 Å². The molecular formula is C12H26ClN3O2. The number of rotatable bonds is 6. The maximum Gasteiger partial charge on any atom is 0.234 e. The van der Waals surface area contributed by atoms with Crippen LogP contribution in [0.1, 0.15) is 26.2 Å². The minimum atomic E-state index is 0. The summed E-state index contributed by atoms with van der Waals surface area (Å²) >= 11 is 0. The van der Waals surface area contributed by atoms with Gasteiger partial charge in [0.05, 0.1) is 12.6 Å². The summed E-state index contributed by atoms with van der Waals surface area (Å²) in [6, 6.07) is 0.265. The Morgan fingerprint density at radius 1 is 1.56 bits per heavy atom. The van der Waals surface area contributed by atoms with Crippen LogP contribution in [0.5, 0.6) is 0 Å². The van der Waals surface area contributed by atoms with Crippen LogP contribution in [-0.2, 0) is 9.53 Å². The van der Waals surface area contributed by atoms with Gasteiger partial charge in [-0.2, -0.15) is 0 Å². The van der Waals surface area contributed by atoms with E-state index in [9.17, 15) is 4.79 Å². The number of amides is 1. The average molecular weight is 280 g/mol. The predicted octanol–water partition coefficient (Wildman–Crippen LogP) is 0.373. The van der Waals surface area contributed by atoms with Crippen molar-refractivity contribution in [2.45, 2.75) is 38.3 Å². The lowest BCUT2D eigenvalue weighted by Crippen LogP contribution is -2.51. The van der Waals surface area contributed by atoms with Gasteiger partial charge in [-0.05, 0) is 19.3 Å². The summed E-state index contributed by atoms with van der Waals surface area (Å²) in [4.78, 5) is 13.8. The molecule has 1 fully saturated rings. The number of hydrogen-bond acceptors (Lipinski definition) is 4. The number of ether oxygens (including phenoxy) is 1. The number of methoxy groups -OCH3 is 1. The monoisotopic (exact) mass is 279 g/mol. The summed E-state index contributed by atoms with van der Waals surface area (Å²) in [6.07, 6.45) is 3.17. The Morgan fingerprint density at radius 2 is 2.28 bits per heavy atom. The van der Waals surface area contributed by atoms with Crippen LogP contribution in [0.4, 0.5) is 0 Å². The van der Waals surface area contributed by atoms with Crippen molar-refractivity contribution in [3.05, 3.63) is 0 Å². The fourth-order valence-electron chi connectivity index (χ4n) is 2.24. The molecule has 2 atom stereocenters. The van der Waals surface area contributed by atoms with Crippen LogP contribution >= 0.6 is 12.4 Å². The molecule has 0 radical (unpaired) electrons. The van der Waals surface area contributed by atoms with E-state index < -0.39 is 0 Å². The highest BCUT2D eigenvalue weighted by molar-refractivity contribution is 5.85. The molecule has 0 aromatic carbocycles. The van der Waals surface area contributed by atoms with Gasteiger partial charge in [-0.15, -0.1) is 12.4 Å². The number of likely N-dealkylation sites (tertiary alicyclic amines) is 1. The second-order valence-corrected chi connectivity index (χ2v) is 4.59. The fraction of sp³-hybridized carbons (Fsp3) is 0.917. The molecule has 5 nitrogen and oxygen atoms in total. The van der Waals surface area contributed by atoms with Crippen molar-refractivity contribution in [2.75, 3.05) is 33.3 Å². The lowest BCUT2D eigenvalue weighted by Gasteiger charge is -2.37. The minimum absolute atomic E-state index is 0. The molecule has 0 bridgehead atoms. The van der Waals surface area contributed by atoms with Gasteiger partial charge in [0.2, 0.25) is 5.91 Å². The Morgan fingerprint density at radius 3 is 2.83 bits per heavy atom. The van der Waals surface area contributed by atoms with Gasteiger partial charge < -0.3 is 15.8 Å². The maximum atomic E-state index is 11.7. The number of nitrogens with one attached hydrogen (secondary N) is 1. The van der Waals surface area contributed by atoms with Crippen molar-refractivity contribution in [1.29, 1.82) is 0 Å². The first-order valence-electron chi connectivity index (χ1n) is 6.44. The third-order valence-corrected chi connectivity index (χ3v) is 3.31. The molecule has 1 saturated heterocycles. The lowest BCUT2D eigenvalue weighted by molar-refractivity contribution is -0.123. The van der Waals surface area contributed by atoms with Gasteiger partial charge >= 0.3 is 0 Å². The Kier molecular flexibility index (Phi) is 9.36. The van der Waals surface area contributed by atoms with Gasteiger partial charge in [-0.3, -0.25) is 9.69 Å². The summed E-state index contributed by atoms with van der Waals surface area (Å²) in [5, 5.41) is 2.90. The van der Waals surface area contributed by atoms with Crippen LogP contribution in [0.25, 0.3) is 0 Å². The van der Waals surface area contributed by atoms with Crippen molar-refractivity contribution in [2.24, 2.45) is 5.73 Å². The van der Waals surface area contributed by atoms with Crippen LogP contribution in [0.2, 0.25) is 0 Å². The second kappa shape index (κ2) is 9.55. The molecule has 0 aromatic heterocycles. The molecule has 0 aromatic rings. The number of carbonyl (C=O) groups is 1. The molecule has 1 aliphatic heterocycles. The Labute approximate surface area is 116 Å². The molecular weight excluding hydrogens is 254 g/mol. The van der Waals surface area contributed by atoms with Crippen molar-refractivity contribution in [3.8, 4) is 0 Å². The molecule has 1 rings (SSSR count). The Balaban J connectivity index is 0.00000289. The molecule has 3 N–H and O–H groups in total. The van der Waals surface area contributed by atoms with Crippen LogP contribution < -0.4 is 11.1 Å². The third kappa shape index (κ3) is 5.52. The molecule has 1 heterocycles. The smallest absolute Gasteiger partial charge is 0.234 e. The molecule has 0 saturated carbocycles. The first kappa shape index (κ1) is 17.6. The average Bonchev–Trinajstić information content (AvgIpc) is 2.36. The zero-order chi connectivity index (χ0) is 12.7. The lowest BCUT2D eigenvalue weighted by atomic mass is 9.99. The highest BCUT2D eigenvalue weighted by Crippen LogP contribution is 2.18. The number of hydrogen-bond donors (Lipinski definition) is 2. The maximum absolute atomic E-state index is 11.7. The van der Waals surface area contributed by atoms with Crippen molar-refractivity contribution >= 4 is 18.3 Å². The van der Waals surface area contributed by atoms with E-state index in [1.165, 1.54) is 0 Å². The third-order valence-electron chi connectivity index (χ3n) is 3.31.